The topological polar surface area (TPSA) is 70.5 Å². The molecule has 0 aliphatic carbocycles. The Morgan fingerprint density at radius 2 is 0.814 bits per heavy atom. The third kappa shape index (κ3) is 5.01. The number of rotatable bonds is 5. The lowest BCUT2D eigenvalue weighted by Gasteiger charge is -2.16. The van der Waals surface area contributed by atoms with E-state index in [9.17, 15) is 0 Å². The van der Waals surface area contributed by atoms with E-state index in [-0.39, 0.29) is 5.56 Å². The van der Waals surface area contributed by atoms with Crippen LogP contribution in [0.4, 0.5) is 0 Å². The van der Waals surface area contributed by atoms with Crippen molar-refractivity contribution in [3.63, 3.8) is 0 Å². The standard InChI is InChI=1S/C52H32N6O/c59-51-39-29-30-44-48(38-26-14-16-28-43(38)58(44)52-54-49(33-17-5-1-6-18-33)53-50(55-52)34-19-7-2-8-20-34)47(39)41-32-45-40(31-46(41)57(51)36-23-11-4-12-24-36)37-25-13-15-27-42(37)56(45)35-21-9-3-10-22-35/h1-32H. The van der Waals surface area contributed by atoms with E-state index in [0.717, 1.165) is 82.4 Å². The second-order valence-corrected chi connectivity index (χ2v) is 14.8. The third-order valence-corrected chi connectivity index (χ3v) is 11.5. The molecule has 276 valence electrons. The van der Waals surface area contributed by atoms with E-state index in [1.165, 1.54) is 0 Å². The van der Waals surface area contributed by atoms with Crippen molar-refractivity contribution in [3.8, 4) is 40.1 Å². The fourth-order valence-corrected chi connectivity index (χ4v) is 8.94. The molecule has 4 heterocycles. The molecule has 0 fully saturated rings. The monoisotopic (exact) mass is 756 g/mol. The smallest absolute Gasteiger partial charge is 0.263 e. The number of hydrogen-bond donors (Lipinski definition) is 0. The fourth-order valence-electron chi connectivity index (χ4n) is 8.94. The number of benzene rings is 8. The zero-order chi connectivity index (χ0) is 39.0. The summed E-state index contributed by atoms with van der Waals surface area (Å²) in [6, 6.07) is 65.9. The predicted molar refractivity (Wildman–Crippen MR) is 240 cm³/mol. The molecule has 7 nitrogen and oxygen atoms in total. The Morgan fingerprint density at radius 3 is 1.44 bits per heavy atom. The summed E-state index contributed by atoms with van der Waals surface area (Å²) in [6.07, 6.45) is 0. The average molecular weight is 757 g/mol. The minimum absolute atomic E-state index is 0.0820. The molecule has 0 saturated carbocycles. The number of hydrogen-bond acceptors (Lipinski definition) is 4. The van der Waals surface area contributed by atoms with Crippen LogP contribution in [0.25, 0.3) is 105 Å². The van der Waals surface area contributed by atoms with Gasteiger partial charge in [-0.15, -0.1) is 0 Å². The zero-order valence-corrected chi connectivity index (χ0v) is 31.6. The lowest BCUT2D eigenvalue weighted by Crippen LogP contribution is -2.19. The predicted octanol–water partition coefficient (Wildman–Crippen LogP) is 11.9. The van der Waals surface area contributed by atoms with Crippen LogP contribution in [-0.4, -0.2) is 28.7 Å². The molecule has 8 aromatic carbocycles. The van der Waals surface area contributed by atoms with E-state index in [1.54, 1.807) is 0 Å². The summed E-state index contributed by atoms with van der Waals surface area (Å²) in [6.45, 7) is 0. The summed E-state index contributed by atoms with van der Waals surface area (Å²) in [7, 11) is 0. The molecule has 12 rings (SSSR count). The Kier molecular flexibility index (Phi) is 7.24. The highest BCUT2D eigenvalue weighted by atomic mass is 16.1. The fraction of sp³-hybridized carbons (Fsp3) is 0. The van der Waals surface area contributed by atoms with Gasteiger partial charge in [0.05, 0.1) is 27.6 Å². The Hall–Kier alpha value is -8.16. The minimum Gasteiger partial charge on any atom is -0.309 e. The molecule has 0 bridgehead atoms. The summed E-state index contributed by atoms with van der Waals surface area (Å²) in [5.74, 6) is 1.65. The number of pyridine rings is 1. The van der Waals surface area contributed by atoms with Crippen LogP contribution in [0.15, 0.2) is 199 Å². The van der Waals surface area contributed by atoms with Crippen molar-refractivity contribution in [1.29, 1.82) is 0 Å². The van der Waals surface area contributed by atoms with Crippen molar-refractivity contribution in [3.05, 3.63) is 204 Å². The first-order valence-electron chi connectivity index (χ1n) is 19.7. The first kappa shape index (κ1) is 33.0. The van der Waals surface area contributed by atoms with Gasteiger partial charge in [-0.2, -0.15) is 9.97 Å². The number of fused-ring (bicyclic) bond motifs is 10. The van der Waals surface area contributed by atoms with Crippen LogP contribution in [0.2, 0.25) is 0 Å². The van der Waals surface area contributed by atoms with Crippen molar-refractivity contribution in [1.82, 2.24) is 28.7 Å². The number of para-hydroxylation sites is 4. The first-order chi connectivity index (χ1) is 29.2. The van der Waals surface area contributed by atoms with Gasteiger partial charge in [0.25, 0.3) is 5.56 Å². The molecule has 0 saturated heterocycles. The van der Waals surface area contributed by atoms with E-state index >= 15 is 4.79 Å². The Bertz CT molecular complexity index is 3610. The highest BCUT2D eigenvalue weighted by molar-refractivity contribution is 6.29. The van der Waals surface area contributed by atoms with Gasteiger partial charge in [-0.05, 0) is 60.7 Å². The number of nitrogens with zero attached hydrogens (tertiary/aromatic N) is 6. The van der Waals surface area contributed by atoms with Gasteiger partial charge < -0.3 is 4.57 Å². The van der Waals surface area contributed by atoms with Crippen LogP contribution in [0, 0.1) is 0 Å². The third-order valence-electron chi connectivity index (χ3n) is 11.5. The van der Waals surface area contributed by atoms with Gasteiger partial charge in [0.15, 0.2) is 11.6 Å². The average Bonchev–Trinajstić information content (AvgIpc) is 3.82. The molecule has 59 heavy (non-hydrogen) atoms. The molecule has 0 spiro atoms. The highest BCUT2D eigenvalue weighted by Gasteiger charge is 2.24. The van der Waals surface area contributed by atoms with Gasteiger partial charge in [0.1, 0.15) is 0 Å². The van der Waals surface area contributed by atoms with Crippen molar-refractivity contribution in [2.24, 2.45) is 0 Å². The summed E-state index contributed by atoms with van der Waals surface area (Å²) in [5, 5.41) is 6.63. The molecule has 0 amide bonds. The second kappa shape index (κ2) is 12.9. The van der Waals surface area contributed by atoms with Crippen LogP contribution in [0.3, 0.4) is 0 Å². The Morgan fingerprint density at radius 1 is 0.322 bits per heavy atom. The maximum absolute atomic E-state index is 15.1. The Balaban J connectivity index is 1.26. The molecule has 0 aliphatic rings. The van der Waals surface area contributed by atoms with Crippen LogP contribution < -0.4 is 5.56 Å². The van der Waals surface area contributed by atoms with Crippen LogP contribution in [0.1, 0.15) is 0 Å². The summed E-state index contributed by atoms with van der Waals surface area (Å²) < 4.78 is 6.33. The molecule has 0 unspecified atom stereocenters. The quantitative estimate of drug-likeness (QED) is 0.164. The summed E-state index contributed by atoms with van der Waals surface area (Å²) >= 11 is 0. The van der Waals surface area contributed by atoms with Gasteiger partial charge in [-0.1, -0.05) is 133 Å². The molecular formula is C52H32N6O. The Labute approximate surface area is 337 Å². The second-order valence-electron chi connectivity index (χ2n) is 14.8. The normalized spacial score (nSPS) is 11.8. The van der Waals surface area contributed by atoms with Crippen molar-refractivity contribution < 1.29 is 0 Å². The zero-order valence-electron chi connectivity index (χ0n) is 31.6. The van der Waals surface area contributed by atoms with Gasteiger partial charge in [-0.25, -0.2) is 4.98 Å². The molecular weight excluding hydrogens is 725 g/mol. The van der Waals surface area contributed by atoms with Crippen molar-refractivity contribution in [2.45, 2.75) is 0 Å². The van der Waals surface area contributed by atoms with E-state index in [4.69, 9.17) is 15.0 Å². The van der Waals surface area contributed by atoms with Crippen LogP contribution in [-0.2, 0) is 0 Å². The van der Waals surface area contributed by atoms with E-state index in [2.05, 4.69) is 88.0 Å². The van der Waals surface area contributed by atoms with Crippen molar-refractivity contribution >= 4 is 65.3 Å². The number of aromatic nitrogens is 6. The summed E-state index contributed by atoms with van der Waals surface area (Å²) in [5.41, 5.74) is 8.40. The van der Waals surface area contributed by atoms with E-state index < -0.39 is 0 Å². The van der Waals surface area contributed by atoms with Gasteiger partial charge in [-0.3, -0.25) is 13.9 Å². The van der Waals surface area contributed by atoms with E-state index in [0.29, 0.717) is 23.0 Å². The van der Waals surface area contributed by atoms with Gasteiger partial charge in [0.2, 0.25) is 5.95 Å². The maximum atomic E-state index is 15.1. The van der Waals surface area contributed by atoms with Crippen LogP contribution in [0.5, 0.6) is 0 Å². The lowest BCUT2D eigenvalue weighted by molar-refractivity contribution is 0.953. The summed E-state index contributed by atoms with van der Waals surface area (Å²) in [4.78, 5) is 30.5. The molecule has 0 aliphatic heterocycles. The maximum Gasteiger partial charge on any atom is 0.263 e. The largest absolute Gasteiger partial charge is 0.309 e. The molecule has 12 aromatic rings. The lowest BCUT2D eigenvalue weighted by atomic mass is 9.98. The SMILES string of the molecule is O=c1c2ccc3c(c4ccccc4n3-c3nc(-c4ccccc4)nc(-c4ccccc4)n3)c2c2cc3c(cc2n1-c1ccccc1)c1ccccc1n3-c1ccccc1. The molecule has 0 N–H and O–H groups in total. The molecule has 7 heteroatoms. The highest BCUT2D eigenvalue weighted by Crippen LogP contribution is 2.42. The molecule has 4 aromatic heterocycles. The van der Waals surface area contributed by atoms with Crippen LogP contribution >= 0.6 is 0 Å². The van der Waals surface area contributed by atoms with Gasteiger partial charge >= 0.3 is 0 Å². The van der Waals surface area contributed by atoms with E-state index in [1.807, 2.05) is 120 Å². The van der Waals surface area contributed by atoms with Crippen molar-refractivity contribution in [2.75, 3.05) is 0 Å². The van der Waals surface area contributed by atoms with Gasteiger partial charge in [0, 0.05) is 60.2 Å². The first-order valence-corrected chi connectivity index (χ1v) is 19.7. The molecule has 0 atom stereocenters. The minimum atomic E-state index is -0.0820. The molecule has 0 radical (unpaired) electrons.